The number of aromatic amines is 1. The van der Waals surface area contributed by atoms with Gasteiger partial charge in [0.05, 0.1) is 18.2 Å². The summed E-state index contributed by atoms with van der Waals surface area (Å²) in [6.07, 6.45) is 5.89. The Morgan fingerprint density at radius 3 is 2.79 bits per heavy atom. The molecule has 96 valence electrons. The minimum Gasteiger partial charge on any atom is -0.334 e. The first-order valence-corrected chi connectivity index (χ1v) is 6.99. The van der Waals surface area contributed by atoms with E-state index < -0.39 is 10.0 Å². The second kappa shape index (κ2) is 4.36. The third-order valence-corrected chi connectivity index (χ3v) is 3.98. The molecule has 7 heteroatoms. The van der Waals surface area contributed by atoms with E-state index in [9.17, 15) is 8.42 Å². The Balaban J connectivity index is 2.07. The zero-order chi connectivity index (χ0) is 13.3. The Morgan fingerprint density at radius 2 is 2.00 bits per heavy atom. The molecule has 2 aromatic heterocycles. The van der Waals surface area contributed by atoms with E-state index in [1.807, 2.05) is 6.07 Å². The third kappa shape index (κ3) is 2.15. The predicted octanol–water partition coefficient (Wildman–Crippen LogP) is 1.76. The molecule has 2 heterocycles. The lowest BCUT2D eigenvalue weighted by Gasteiger charge is -2.08. The number of pyridine rings is 1. The number of nitrogens with zero attached hydrogens (tertiary/aromatic N) is 2. The average Bonchev–Trinajstić information content (AvgIpc) is 2.93. The molecule has 0 radical (unpaired) electrons. The van der Waals surface area contributed by atoms with Crippen molar-refractivity contribution in [2.45, 2.75) is 5.03 Å². The zero-order valence-electron chi connectivity index (χ0n) is 9.74. The van der Waals surface area contributed by atoms with E-state index in [1.165, 1.54) is 12.5 Å². The number of sulfonamides is 1. The van der Waals surface area contributed by atoms with Gasteiger partial charge < -0.3 is 4.98 Å². The van der Waals surface area contributed by atoms with E-state index in [1.54, 1.807) is 30.6 Å². The van der Waals surface area contributed by atoms with Crippen LogP contribution in [0.25, 0.3) is 10.8 Å². The SMILES string of the molecule is O=S(=O)(Nc1cccc2cnccc12)c1cnc[nH]1. The Morgan fingerprint density at radius 1 is 1.11 bits per heavy atom. The number of hydrogen-bond donors (Lipinski definition) is 2. The summed E-state index contributed by atoms with van der Waals surface area (Å²) in [6, 6.07) is 7.11. The lowest BCUT2D eigenvalue weighted by molar-refractivity contribution is 0.598. The van der Waals surface area contributed by atoms with Gasteiger partial charge in [0.1, 0.15) is 0 Å². The van der Waals surface area contributed by atoms with Gasteiger partial charge in [-0.3, -0.25) is 9.71 Å². The van der Waals surface area contributed by atoms with Gasteiger partial charge in [0.15, 0.2) is 5.03 Å². The molecule has 0 aliphatic rings. The molecule has 0 fully saturated rings. The molecular formula is C12H10N4O2S. The van der Waals surface area contributed by atoms with E-state index in [0.717, 1.165) is 10.8 Å². The first-order chi connectivity index (χ1) is 9.17. The van der Waals surface area contributed by atoms with Crippen molar-refractivity contribution < 1.29 is 8.42 Å². The maximum atomic E-state index is 12.1. The number of nitrogens with one attached hydrogen (secondary N) is 2. The summed E-state index contributed by atoms with van der Waals surface area (Å²) < 4.78 is 26.8. The molecule has 19 heavy (non-hydrogen) atoms. The first-order valence-electron chi connectivity index (χ1n) is 5.51. The standard InChI is InChI=1S/C12H10N4O2S/c17-19(18,12-7-14-8-15-12)16-11-3-1-2-9-6-13-5-4-10(9)11/h1-8,16H,(H,14,15). The molecule has 0 aliphatic carbocycles. The van der Waals surface area contributed by atoms with Crippen LogP contribution in [0.15, 0.2) is 54.2 Å². The van der Waals surface area contributed by atoms with Crippen molar-refractivity contribution >= 4 is 26.5 Å². The summed E-state index contributed by atoms with van der Waals surface area (Å²) in [5, 5.41) is 1.69. The fourth-order valence-corrected chi connectivity index (χ4v) is 2.79. The molecule has 0 aliphatic heterocycles. The molecule has 0 amide bonds. The summed E-state index contributed by atoms with van der Waals surface area (Å²) in [5.74, 6) is 0. The molecular weight excluding hydrogens is 264 g/mol. The third-order valence-electron chi connectivity index (χ3n) is 2.69. The summed E-state index contributed by atoms with van der Waals surface area (Å²) in [6.45, 7) is 0. The highest BCUT2D eigenvalue weighted by atomic mass is 32.2. The van der Waals surface area contributed by atoms with Crippen LogP contribution in [-0.4, -0.2) is 23.4 Å². The molecule has 3 aromatic rings. The first kappa shape index (κ1) is 11.7. The van der Waals surface area contributed by atoms with Gasteiger partial charge >= 0.3 is 0 Å². The van der Waals surface area contributed by atoms with Gasteiger partial charge in [0, 0.05) is 23.2 Å². The number of aromatic nitrogens is 3. The molecule has 0 saturated heterocycles. The summed E-state index contributed by atoms with van der Waals surface area (Å²) in [7, 11) is -3.65. The van der Waals surface area contributed by atoms with Crippen LogP contribution in [-0.2, 0) is 10.0 Å². The molecule has 0 bridgehead atoms. The summed E-state index contributed by atoms with van der Waals surface area (Å²) >= 11 is 0. The molecule has 0 unspecified atom stereocenters. The predicted molar refractivity (Wildman–Crippen MR) is 71.1 cm³/mol. The maximum Gasteiger partial charge on any atom is 0.278 e. The van der Waals surface area contributed by atoms with Crippen LogP contribution >= 0.6 is 0 Å². The van der Waals surface area contributed by atoms with Crippen LogP contribution < -0.4 is 4.72 Å². The zero-order valence-corrected chi connectivity index (χ0v) is 10.6. The highest BCUT2D eigenvalue weighted by Gasteiger charge is 2.16. The van der Waals surface area contributed by atoms with E-state index in [2.05, 4.69) is 19.7 Å². The van der Waals surface area contributed by atoms with E-state index in [4.69, 9.17) is 0 Å². The van der Waals surface area contributed by atoms with Gasteiger partial charge in [0.25, 0.3) is 10.0 Å². The monoisotopic (exact) mass is 274 g/mol. The summed E-state index contributed by atoms with van der Waals surface area (Å²) in [5.41, 5.74) is 0.509. The smallest absolute Gasteiger partial charge is 0.278 e. The molecule has 0 atom stereocenters. The molecule has 3 rings (SSSR count). The summed E-state index contributed by atoms with van der Waals surface area (Å²) in [4.78, 5) is 10.3. The largest absolute Gasteiger partial charge is 0.334 e. The van der Waals surface area contributed by atoms with Crippen LogP contribution in [0.4, 0.5) is 5.69 Å². The lowest BCUT2D eigenvalue weighted by Crippen LogP contribution is -2.13. The number of hydrogen-bond acceptors (Lipinski definition) is 4. The van der Waals surface area contributed by atoms with Crippen LogP contribution in [0.1, 0.15) is 0 Å². The molecule has 6 nitrogen and oxygen atoms in total. The van der Waals surface area contributed by atoms with E-state index in [0.29, 0.717) is 5.69 Å². The van der Waals surface area contributed by atoms with Gasteiger partial charge in [0.2, 0.25) is 0 Å². The second-order valence-electron chi connectivity index (χ2n) is 3.92. The van der Waals surface area contributed by atoms with Crippen molar-refractivity contribution in [1.29, 1.82) is 0 Å². The second-order valence-corrected chi connectivity index (χ2v) is 5.57. The molecule has 2 N–H and O–H groups in total. The lowest BCUT2D eigenvalue weighted by atomic mass is 10.1. The highest BCUT2D eigenvalue weighted by Crippen LogP contribution is 2.24. The Labute approximate surface area is 109 Å². The van der Waals surface area contributed by atoms with Crippen molar-refractivity contribution in [2.75, 3.05) is 4.72 Å². The Kier molecular flexibility index (Phi) is 2.68. The van der Waals surface area contributed by atoms with Crippen molar-refractivity contribution in [3.63, 3.8) is 0 Å². The van der Waals surface area contributed by atoms with Crippen LogP contribution in [0.5, 0.6) is 0 Å². The van der Waals surface area contributed by atoms with Crippen molar-refractivity contribution in [3.05, 3.63) is 49.2 Å². The van der Waals surface area contributed by atoms with Crippen molar-refractivity contribution in [1.82, 2.24) is 15.0 Å². The Hall–Kier alpha value is -2.41. The number of rotatable bonds is 3. The maximum absolute atomic E-state index is 12.1. The number of benzene rings is 1. The van der Waals surface area contributed by atoms with Gasteiger partial charge in [-0.15, -0.1) is 0 Å². The molecule has 1 aromatic carbocycles. The fourth-order valence-electron chi connectivity index (χ4n) is 1.80. The highest BCUT2D eigenvalue weighted by molar-refractivity contribution is 7.92. The van der Waals surface area contributed by atoms with Crippen molar-refractivity contribution in [3.8, 4) is 0 Å². The van der Waals surface area contributed by atoms with E-state index >= 15 is 0 Å². The number of H-pyrrole nitrogens is 1. The van der Waals surface area contributed by atoms with Crippen LogP contribution in [0, 0.1) is 0 Å². The van der Waals surface area contributed by atoms with Gasteiger partial charge in [-0.1, -0.05) is 12.1 Å². The van der Waals surface area contributed by atoms with Gasteiger partial charge in [-0.2, -0.15) is 8.42 Å². The van der Waals surface area contributed by atoms with E-state index in [-0.39, 0.29) is 5.03 Å². The minimum absolute atomic E-state index is 0.0264. The Bertz CT molecular complexity index is 807. The van der Waals surface area contributed by atoms with Crippen molar-refractivity contribution in [2.24, 2.45) is 0 Å². The number of fused-ring (bicyclic) bond motifs is 1. The number of imidazole rings is 1. The number of anilines is 1. The van der Waals surface area contributed by atoms with Gasteiger partial charge in [-0.05, 0) is 12.1 Å². The molecule has 0 saturated carbocycles. The average molecular weight is 274 g/mol. The topological polar surface area (TPSA) is 87.7 Å². The van der Waals surface area contributed by atoms with Crippen LogP contribution in [0.2, 0.25) is 0 Å². The normalized spacial score (nSPS) is 11.6. The molecule has 0 spiro atoms. The quantitative estimate of drug-likeness (QED) is 0.761. The van der Waals surface area contributed by atoms with Gasteiger partial charge in [-0.25, -0.2) is 4.98 Å². The minimum atomic E-state index is -3.65. The van der Waals surface area contributed by atoms with Crippen LogP contribution in [0.3, 0.4) is 0 Å². The fraction of sp³-hybridized carbons (Fsp3) is 0.